The summed E-state index contributed by atoms with van der Waals surface area (Å²) in [6, 6.07) is 2.91. The molecule has 1 unspecified atom stereocenters. The largest absolute Gasteiger partial charge is 0.480 e. The van der Waals surface area contributed by atoms with Crippen LogP contribution in [0.25, 0.3) is 0 Å². The SMILES string of the molecule is Cc1cc(F)cc(C(=O)NC(C(=O)O)C(C)C)c1. The van der Waals surface area contributed by atoms with Crippen LogP contribution in [-0.2, 0) is 4.79 Å². The fraction of sp³-hybridized carbons (Fsp3) is 0.385. The van der Waals surface area contributed by atoms with Gasteiger partial charge in [0, 0.05) is 5.56 Å². The number of carbonyl (C=O) groups excluding carboxylic acids is 1. The molecule has 1 atom stereocenters. The van der Waals surface area contributed by atoms with Gasteiger partial charge in [-0.1, -0.05) is 13.8 Å². The van der Waals surface area contributed by atoms with Gasteiger partial charge < -0.3 is 10.4 Å². The van der Waals surface area contributed by atoms with Crippen molar-refractivity contribution in [3.8, 4) is 0 Å². The highest BCUT2D eigenvalue weighted by Gasteiger charge is 2.24. The number of nitrogens with one attached hydrogen (secondary N) is 1. The zero-order valence-electron chi connectivity index (χ0n) is 10.5. The number of benzene rings is 1. The van der Waals surface area contributed by atoms with Crippen LogP contribution < -0.4 is 5.32 Å². The van der Waals surface area contributed by atoms with Gasteiger partial charge in [0.25, 0.3) is 5.91 Å². The minimum atomic E-state index is -1.11. The van der Waals surface area contributed by atoms with Crippen LogP contribution in [0.4, 0.5) is 4.39 Å². The second-order valence-electron chi connectivity index (χ2n) is 4.55. The predicted molar refractivity (Wildman–Crippen MR) is 64.9 cm³/mol. The third-order valence-electron chi connectivity index (χ3n) is 2.52. The van der Waals surface area contributed by atoms with Gasteiger partial charge in [0.1, 0.15) is 11.9 Å². The number of halogens is 1. The summed E-state index contributed by atoms with van der Waals surface area (Å²) in [6.07, 6.45) is 0. The van der Waals surface area contributed by atoms with Crippen molar-refractivity contribution in [2.24, 2.45) is 5.92 Å². The maximum atomic E-state index is 13.1. The predicted octanol–water partition coefficient (Wildman–Crippen LogP) is 1.97. The molecular weight excluding hydrogens is 237 g/mol. The van der Waals surface area contributed by atoms with E-state index < -0.39 is 23.7 Å². The first-order valence-electron chi connectivity index (χ1n) is 5.62. The van der Waals surface area contributed by atoms with Gasteiger partial charge >= 0.3 is 5.97 Å². The lowest BCUT2D eigenvalue weighted by molar-refractivity contribution is -0.140. The highest BCUT2D eigenvalue weighted by atomic mass is 19.1. The normalized spacial score (nSPS) is 12.3. The van der Waals surface area contributed by atoms with Gasteiger partial charge in [-0.15, -0.1) is 0 Å². The average Bonchev–Trinajstić information content (AvgIpc) is 2.23. The lowest BCUT2D eigenvalue weighted by atomic mass is 10.0. The van der Waals surface area contributed by atoms with Crippen LogP contribution in [-0.4, -0.2) is 23.0 Å². The van der Waals surface area contributed by atoms with Crippen molar-refractivity contribution in [2.45, 2.75) is 26.8 Å². The molecule has 5 heteroatoms. The Labute approximate surface area is 105 Å². The molecule has 1 rings (SSSR count). The Balaban J connectivity index is 2.90. The van der Waals surface area contributed by atoms with Gasteiger partial charge in [-0.05, 0) is 36.6 Å². The number of amides is 1. The quantitative estimate of drug-likeness (QED) is 0.862. The van der Waals surface area contributed by atoms with E-state index in [1.807, 2.05) is 0 Å². The van der Waals surface area contributed by atoms with Gasteiger partial charge in [0.05, 0.1) is 0 Å². The molecule has 0 bridgehead atoms. The molecule has 0 spiro atoms. The third-order valence-corrected chi connectivity index (χ3v) is 2.52. The smallest absolute Gasteiger partial charge is 0.326 e. The molecule has 1 aromatic rings. The Hall–Kier alpha value is -1.91. The molecule has 0 aromatic heterocycles. The second kappa shape index (κ2) is 5.62. The fourth-order valence-electron chi connectivity index (χ4n) is 1.61. The Morgan fingerprint density at radius 1 is 1.28 bits per heavy atom. The standard InChI is InChI=1S/C13H16FNO3/c1-7(2)11(13(17)18)15-12(16)9-4-8(3)5-10(14)6-9/h4-7,11H,1-3H3,(H,15,16)(H,17,18). The lowest BCUT2D eigenvalue weighted by Crippen LogP contribution is -2.44. The number of rotatable bonds is 4. The summed E-state index contributed by atoms with van der Waals surface area (Å²) in [5.41, 5.74) is 0.732. The topological polar surface area (TPSA) is 66.4 Å². The Morgan fingerprint density at radius 3 is 2.33 bits per heavy atom. The molecule has 18 heavy (non-hydrogen) atoms. The number of aliphatic carboxylic acids is 1. The number of aryl methyl sites for hydroxylation is 1. The number of carboxylic acid groups (broad SMARTS) is 1. The van der Waals surface area contributed by atoms with Gasteiger partial charge in [-0.25, -0.2) is 9.18 Å². The van der Waals surface area contributed by atoms with Crippen molar-refractivity contribution in [1.29, 1.82) is 0 Å². The molecule has 0 saturated heterocycles. The van der Waals surface area contributed by atoms with E-state index in [0.29, 0.717) is 5.56 Å². The number of hydrogen-bond acceptors (Lipinski definition) is 2. The van der Waals surface area contributed by atoms with E-state index in [2.05, 4.69) is 5.32 Å². The Morgan fingerprint density at radius 2 is 1.89 bits per heavy atom. The highest BCUT2D eigenvalue weighted by molar-refractivity contribution is 5.96. The van der Waals surface area contributed by atoms with Crippen molar-refractivity contribution >= 4 is 11.9 Å². The number of hydrogen-bond donors (Lipinski definition) is 2. The lowest BCUT2D eigenvalue weighted by Gasteiger charge is -2.18. The van der Waals surface area contributed by atoms with E-state index >= 15 is 0 Å². The first-order chi connectivity index (χ1) is 8.31. The van der Waals surface area contributed by atoms with E-state index in [0.717, 1.165) is 6.07 Å². The van der Waals surface area contributed by atoms with Crippen LogP contribution in [0.15, 0.2) is 18.2 Å². The molecule has 0 aliphatic carbocycles. The molecule has 98 valence electrons. The van der Waals surface area contributed by atoms with Crippen LogP contribution in [0, 0.1) is 18.7 Å². The zero-order valence-corrected chi connectivity index (χ0v) is 10.5. The van der Waals surface area contributed by atoms with Crippen molar-refractivity contribution < 1.29 is 19.1 Å². The van der Waals surface area contributed by atoms with Gasteiger partial charge in [0.2, 0.25) is 0 Å². The highest BCUT2D eigenvalue weighted by Crippen LogP contribution is 2.10. The summed E-state index contributed by atoms with van der Waals surface area (Å²) < 4.78 is 13.1. The van der Waals surface area contributed by atoms with Crippen molar-refractivity contribution in [2.75, 3.05) is 0 Å². The van der Waals surface area contributed by atoms with E-state index in [1.54, 1.807) is 20.8 Å². The second-order valence-corrected chi connectivity index (χ2v) is 4.55. The van der Waals surface area contributed by atoms with E-state index in [4.69, 9.17) is 5.11 Å². The molecule has 4 nitrogen and oxygen atoms in total. The molecule has 0 heterocycles. The first-order valence-corrected chi connectivity index (χ1v) is 5.62. The maximum absolute atomic E-state index is 13.1. The fourth-order valence-corrected chi connectivity index (χ4v) is 1.61. The minimum absolute atomic E-state index is 0.124. The van der Waals surface area contributed by atoms with Crippen molar-refractivity contribution in [1.82, 2.24) is 5.32 Å². The molecule has 1 amide bonds. The summed E-state index contributed by atoms with van der Waals surface area (Å²) in [4.78, 5) is 22.8. The molecule has 0 fully saturated rings. The number of carbonyl (C=O) groups is 2. The van der Waals surface area contributed by atoms with Crippen molar-refractivity contribution in [3.63, 3.8) is 0 Å². The summed E-state index contributed by atoms with van der Waals surface area (Å²) >= 11 is 0. The summed E-state index contributed by atoms with van der Waals surface area (Å²) in [5, 5.41) is 11.3. The summed E-state index contributed by atoms with van der Waals surface area (Å²) in [7, 11) is 0. The van der Waals surface area contributed by atoms with E-state index in [9.17, 15) is 14.0 Å². The van der Waals surface area contributed by atoms with Gasteiger partial charge in [-0.3, -0.25) is 4.79 Å². The minimum Gasteiger partial charge on any atom is -0.480 e. The molecule has 0 saturated carbocycles. The molecule has 0 aliphatic rings. The average molecular weight is 253 g/mol. The summed E-state index contributed by atoms with van der Waals surface area (Å²) in [6.45, 7) is 5.04. The Bertz CT molecular complexity index is 451. The van der Waals surface area contributed by atoms with Gasteiger partial charge in [0.15, 0.2) is 0 Å². The monoisotopic (exact) mass is 253 g/mol. The molecule has 1 aromatic carbocycles. The molecular formula is C13H16FNO3. The molecule has 2 N–H and O–H groups in total. The molecule has 0 aliphatic heterocycles. The van der Waals surface area contributed by atoms with Crippen LogP contribution in [0.2, 0.25) is 0 Å². The van der Waals surface area contributed by atoms with Crippen LogP contribution in [0.3, 0.4) is 0 Å². The third kappa shape index (κ3) is 3.55. The Kier molecular flexibility index (Phi) is 4.42. The van der Waals surface area contributed by atoms with Crippen molar-refractivity contribution in [3.05, 3.63) is 35.1 Å². The maximum Gasteiger partial charge on any atom is 0.326 e. The van der Waals surface area contributed by atoms with Crippen LogP contribution >= 0.6 is 0 Å². The summed E-state index contributed by atoms with van der Waals surface area (Å²) in [5.74, 6) is -2.46. The zero-order chi connectivity index (χ0) is 13.9. The van der Waals surface area contributed by atoms with E-state index in [-0.39, 0.29) is 11.5 Å². The first kappa shape index (κ1) is 14.2. The van der Waals surface area contributed by atoms with E-state index in [1.165, 1.54) is 12.1 Å². The van der Waals surface area contributed by atoms with Crippen LogP contribution in [0.1, 0.15) is 29.8 Å². The molecule has 0 radical (unpaired) electrons. The van der Waals surface area contributed by atoms with Gasteiger partial charge in [-0.2, -0.15) is 0 Å². The van der Waals surface area contributed by atoms with Crippen LogP contribution in [0.5, 0.6) is 0 Å². The number of carboxylic acids is 1.